The van der Waals surface area contributed by atoms with E-state index < -0.39 is 17.9 Å². The number of rotatable bonds is 6. The van der Waals surface area contributed by atoms with E-state index in [0.717, 1.165) is 16.2 Å². The molecule has 0 saturated heterocycles. The Bertz CT molecular complexity index is 807. The summed E-state index contributed by atoms with van der Waals surface area (Å²) in [6.45, 7) is -0.309. The molecule has 2 N–H and O–H groups in total. The monoisotopic (exact) mass is 381 g/mol. The lowest BCUT2D eigenvalue weighted by molar-refractivity contribution is -0.138. The fourth-order valence-corrected chi connectivity index (χ4v) is 3.53. The third kappa shape index (κ3) is 4.46. The molecule has 0 aromatic carbocycles. The minimum absolute atomic E-state index is 0.00272. The van der Waals surface area contributed by atoms with Crippen molar-refractivity contribution >= 4 is 51.7 Å². The van der Waals surface area contributed by atoms with Gasteiger partial charge in [0.25, 0.3) is 0 Å². The quantitative estimate of drug-likeness (QED) is 0.466. The molecule has 0 atom stereocenters. The molecular formula is C16H15NO6S2. The van der Waals surface area contributed by atoms with E-state index in [9.17, 15) is 14.4 Å². The molecule has 0 radical (unpaired) electrons. The van der Waals surface area contributed by atoms with Crippen molar-refractivity contribution in [2.75, 3.05) is 20.0 Å². The van der Waals surface area contributed by atoms with E-state index >= 15 is 0 Å². The first-order chi connectivity index (χ1) is 12.0. The number of thiophene rings is 2. The van der Waals surface area contributed by atoms with Gasteiger partial charge < -0.3 is 19.9 Å². The van der Waals surface area contributed by atoms with Gasteiger partial charge in [0.1, 0.15) is 22.0 Å². The molecule has 2 aromatic rings. The van der Waals surface area contributed by atoms with Gasteiger partial charge in [0, 0.05) is 16.5 Å². The molecule has 25 heavy (non-hydrogen) atoms. The molecule has 0 bridgehead atoms. The van der Waals surface area contributed by atoms with Crippen molar-refractivity contribution in [2.24, 2.45) is 0 Å². The fourth-order valence-electron chi connectivity index (χ4n) is 1.93. The molecule has 7 nitrogen and oxygen atoms in total. The van der Waals surface area contributed by atoms with Crippen LogP contribution in [0.3, 0.4) is 0 Å². The van der Waals surface area contributed by atoms with E-state index in [1.54, 1.807) is 6.08 Å². The molecule has 0 amide bonds. The third-order valence-electron chi connectivity index (χ3n) is 3.08. The zero-order valence-electron chi connectivity index (χ0n) is 13.4. The number of carbonyl (C=O) groups is 3. The Morgan fingerprint density at radius 3 is 2.52 bits per heavy atom. The van der Waals surface area contributed by atoms with Gasteiger partial charge in [-0.25, -0.2) is 14.4 Å². The highest BCUT2D eigenvalue weighted by atomic mass is 32.1. The van der Waals surface area contributed by atoms with Crippen LogP contribution in [0, 0.1) is 0 Å². The summed E-state index contributed by atoms with van der Waals surface area (Å²) in [4.78, 5) is 36.6. The zero-order chi connectivity index (χ0) is 18.4. The van der Waals surface area contributed by atoms with E-state index in [-0.39, 0.29) is 27.6 Å². The summed E-state index contributed by atoms with van der Waals surface area (Å²) in [5, 5.41) is 1.97. The van der Waals surface area contributed by atoms with Crippen molar-refractivity contribution in [2.45, 2.75) is 6.61 Å². The van der Waals surface area contributed by atoms with Crippen LogP contribution in [0.25, 0.3) is 6.08 Å². The molecule has 2 aromatic heterocycles. The first-order valence-electron chi connectivity index (χ1n) is 6.94. The average Bonchev–Trinajstić information content (AvgIpc) is 3.24. The maximum Gasteiger partial charge on any atom is 0.348 e. The van der Waals surface area contributed by atoms with Gasteiger partial charge in [-0.2, -0.15) is 0 Å². The molecule has 2 heterocycles. The highest BCUT2D eigenvalue weighted by Crippen LogP contribution is 2.33. The van der Waals surface area contributed by atoms with Gasteiger partial charge in [0.2, 0.25) is 0 Å². The van der Waals surface area contributed by atoms with E-state index in [2.05, 4.69) is 9.47 Å². The highest BCUT2D eigenvalue weighted by molar-refractivity contribution is 7.18. The van der Waals surface area contributed by atoms with Crippen LogP contribution in [0.1, 0.15) is 30.5 Å². The van der Waals surface area contributed by atoms with Crippen molar-refractivity contribution < 1.29 is 28.6 Å². The molecule has 0 aliphatic rings. The minimum Gasteiger partial charge on any atom is -0.465 e. The van der Waals surface area contributed by atoms with Crippen molar-refractivity contribution in [1.82, 2.24) is 0 Å². The molecule has 2 rings (SSSR count). The van der Waals surface area contributed by atoms with Gasteiger partial charge >= 0.3 is 17.9 Å². The second kappa shape index (κ2) is 8.45. The lowest BCUT2D eigenvalue weighted by Gasteiger charge is -2.06. The minimum atomic E-state index is -0.718. The largest absolute Gasteiger partial charge is 0.465 e. The molecule has 132 valence electrons. The summed E-state index contributed by atoms with van der Waals surface area (Å²) in [7, 11) is 2.40. The number of hydrogen-bond donors (Lipinski definition) is 1. The Morgan fingerprint density at radius 1 is 1.20 bits per heavy atom. The molecule has 9 heteroatoms. The van der Waals surface area contributed by atoms with E-state index in [0.29, 0.717) is 0 Å². The lowest BCUT2D eigenvalue weighted by Crippen LogP contribution is -2.11. The van der Waals surface area contributed by atoms with Gasteiger partial charge in [0.15, 0.2) is 0 Å². The number of nitrogens with two attached hydrogens (primary N) is 1. The summed E-state index contributed by atoms with van der Waals surface area (Å²) in [6.07, 6.45) is 2.87. The zero-order valence-corrected chi connectivity index (χ0v) is 15.1. The summed E-state index contributed by atoms with van der Waals surface area (Å²) in [6, 6.07) is 3.70. The third-order valence-corrected chi connectivity index (χ3v) is 4.96. The van der Waals surface area contributed by atoms with Crippen LogP contribution < -0.4 is 5.73 Å². The van der Waals surface area contributed by atoms with Gasteiger partial charge in [0.05, 0.1) is 14.2 Å². The Morgan fingerprint density at radius 2 is 1.92 bits per heavy atom. The molecular weight excluding hydrogens is 366 g/mol. The maximum atomic E-state index is 11.9. The van der Waals surface area contributed by atoms with E-state index in [4.69, 9.17) is 10.5 Å². The van der Waals surface area contributed by atoms with Gasteiger partial charge in [-0.05, 0) is 17.5 Å². The van der Waals surface area contributed by atoms with Crippen molar-refractivity contribution in [3.8, 4) is 0 Å². The summed E-state index contributed by atoms with van der Waals surface area (Å²) in [5.74, 6) is -2.01. The number of nitrogen functional groups attached to an aromatic ring is 1. The standard InChI is InChI=1S/C16H15NO6S2/c1-21-15(19)12-10(13(16(20)22-2)25-14(12)17)8-23-11(18)6-5-9-4-3-7-24-9/h3-7H,8,17H2,1-2H3/b6-5+. The van der Waals surface area contributed by atoms with E-state index in [1.165, 1.54) is 31.6 Å². The predicted octanol–water partition coefficient (Wildman–Crippen LogP) is 2.72. The smallest absolute Gasteiger partial charge is 0.348 e. The number of carbonyl (C=O) groups excluding carboxylic acids is 3. The Hall–Kier alpha value is -2.65. The topological polar surface area (TPSA) is 105 Å². The molecule has 0 aliphatic carbocycles. The normalized spacial score (nSPS) is 10.6. The van der Waals surface area contributed by atoms with Crippen LogP contribution in [-0.2, 0) is 25.6 Å². The number of ether oxygens (including phenoxy) is 3. The molecule has 0 aliphatic heterocycles. The fraction of sp³-hybridized carbons (Fsp3) is 0.188. The maximum absolute atomic E-state index is 11.9. The lowest BCUT2D eigenvalue weighted by atomic mass is 10.1. The van der Waals surface area contributed by atoms with Crippen LogP contribution in [-0.4, -0.2) is 32.1 Å². The summed E-state index contributed by atoms with van der Waals surface area (Å²) < 4.78 is 14.5. The van der Waals surface area contributed by atoms with Gasteiger partial charge in [-0.1, -0.05) is 6.07 Å². The SMILES string of the molecule is COC(=O)c1sc(N)c(C(=O)OC)c1COC(=O)/C=C/c1cccs1. The average molecular weight is 381 g/mol. The van der Waals surface area contributed by atoms with Gasteiger partial charge in [-0.15, -0.1) is 22.7 Å². The first kappa shape index (κ1) is 18.7. The summed E-state index contributed by atoms with van der Waals surface area (Å²) in [5.41, 5.74) is 5.97. The molecule has 0 spiro atoms. The number of methoxy groups -OCH3 is 2. The van der Waals surface area contributed by atoms with E-state index in [1.807, 2.05) is 17.5 Å². The predicted molar refractivity (Wildman–Crippen MR) is 94.6 cm³/mol. The second-order valence-corrected chi connectivity index (χ2v) is 6.62. The van der Waals surface area contributed by atoms with Crippen molar-refractivity contribution in [3.05, 3.63) is 44.5 Å². The summed E-state index contributed by atoms with van der Waals surface area (Å²) >= 11 is 2.34. The number of esters is 3. The first-order valence-corrected chi connectivity index (χ1v) is 8.63. The number of hydrogen-bond acceptors (Lipinski definition) is 9. The second-order valence-electron chi connectivity index (χ2n) is 4.59. The van der Waals surface area contributed by atoms with Crippen molar-refractivity contribution in [3.63, 3.8) is 0 Å². The molecule has 0 unspecified atom stereocenters. The van der Waals surface area contributed by atoms with Crippen LogP contribution in [0.5, 0.6) is 0 Å². The van der Waals surface area contributed by atoms with Crippen LogP contribution in [0.15, 0.2) is 23.6 Å². The van der Waals surface area contributed by atoms with Crippen LogP contribution >= 0.6 is 22.7 Å². The van der Waals surface area contributed by atoms with Crippen molar-refractivity contribution in [1.29, 1.82) is 0 Å². The van der Waals surface area contributed by atoms with Gasteiger partial charge in [-0.3, -0.25) is 0 Å². The molecule has 0 fully saturated rings. The Labute approximate surface area is 151 Å². The Balaban J connectivity index is 2.20. The molecule has 0 saturated carbocycles. The van der Waals surface area contributed by atoms with Crippen LogP contribution in [0.2, 0.25) is 0 Å². The van der Waals surface area contributed by atoms with Crippen LogP contribution in [0.4, 0.5) is 5.00 Å². The highest BCUT2D eigenvalue weighted by Gasteiger charge is 2.27. The Kier molecular flexibility index (Phi) is 6.31. The number of anilines is 1.